The topological polar surface area (TPSA) is 125 Å². The fourth-order valence-electron chi connectivity index (χ4n) is 2.37. The number of nitro groups is 1. The summed E-state index contributed by atoms with van der Waals surface area (Å²) in [5.74, 6) is -0.659. The highest BCUT2D eigenvalue weighted by Crippen LogP contribution is 2.27. The van der Waals surface area contributed by atoms with Crippen molar-refractivity contribution in [3.63, 3.8) is 0 Å². The Morgan fingerprint density at radius 2 is 1.54 bits per heavy atom. The zero-order valence-corrected chi connectivity index (χ0v) is 15.2. The fraction of sp³-hybridized carbons (Fsp3) is 0. The number of anilines is 1. The molecule has 0 saturated heterocycles. The summed E-state index contributed by atoms with van der Waals surface area (Å²) in [5, 5.41) is 25.7. The number of hydrogen-bond donors (Lipinski definition) is 1. The van der Waals surface area contributed by atoms with Gasteiger partial charge in [-0.15, -0.1) is 4.40 Å². The van der Waals surface area contributed by atoms with Crippen molar-refractivity contribution in [1.29, 1.82) is 0 Å². The first kappa shape index (κ1) is 19.1. The Kier molecular flexibility index (Phi) is 5.37. The molecule has 0 radical (unpaired) electrons. The molecule has 0 amide bonds. The molecule has 0 heterocycles. The third-order valence-corrected chi connectivity index (χ3v) is 5.02. The van der Waals surface area contributed by atoms with Crippen molar-refractivity contribution < 1.29 is 18.4 Å². The standard InChI is InChI=1S/C19H15N3O5S/c23-18-12-11-15(22(24)25)13-17(18)20-19(14-7-3-1-4-8-14)21-28(26,27)16-9-5-2-6-10-16/h1-13,23H,(H,20,21)/p-1. The van der Waals surface area contributed by atoms with Gasteiger partial charge in [-0.3, -0.25) is 10.1 Å². The molecule has 3 aromatic carbocycles. The zero-order chi connectivity index (χ0) is 20.1. The Labute approximate surface area is 161 Å². The molecular weight excluding hydrogens is 382 g/mol. The highest BCUT2D eigenvalue weighted by Gasteiger charge is 2.16. The number of nitrogens with one attached hydrogen (secondary N) is 1. The van der Waals surface area contributed by atoms with Gasteiger partial charge < -0.3 is 10.4 Å². The molecule has 1 N–H and O–H groups in total. The molecule has 0 unspecified atom stereocenters. The highest BCUT2D eigenvalue weighted by molar-refractivity contribution is 7.90. The Morgan fingerprint density at radius 1 is 0.929 bits per heavy atom. The van der Waals surface area contributed by atoms with E-state index in [-0.39, 0.29) is 22.1 Å². The number of nitro benzene ring substituents is 1. The van der Waals surface area contributed by atoms with Crippen molar-refractivity contribution in [3.05, 3.63) is 94.5 Å². The second kappa shape index (κ2) is 7.89. The normalized spacial score (nSPS) is 11.8. The highest BCUT2D eigenvalue weighted by atomic mass is 32.2. The van der Waals surface area contributed by atoms with Gasteiger partial charge in [0.25, 0.3) is 15.7 Å². The summed E-state index contributed by atoms with van der Waals surface area (Å²) in [4.78, 5) is 10.3. The fourth-order valence-corrected chi connectivity index (χ4v) is 3.36. The molecule has 142 valence electrons. The number of non-ortho nitro benzene ring substituents is 1. The second-order valence-electron chi connectivity index (χ2n) is 5.66. The van der Waals surface area contributed by atoms with Crippen LogP contribution in [0.5, 0.6) is 5.75 Å². The van der Waals surface area contributed by atoms with Crippen LogP contribution in [0.1, 0.15) is 5.56 Å². The molecule has 0 fully saturated rings. The summed E-state index contributed by atoms with van der Waals surface area (Å²) in [6, 6.07) is 19.0. The van der Waals surface area contributed by atoms with Gasteiger partial charge in [0.05, 0.1) is 9.82 Å². The van der Waals surface area contributed by atoms with Crippen LogP contribution in [0.2, 0.25) is 0 Å². The van der Waals surface area contributed by atoms with Gasteiger partial charge in [0.2, 0.25) is 0 Å². The molecule has 0 aliphatic heterocycles. The van der Waals surface area contributed by atoms with E-state index < -0.39 is 20.7 Å². The van der Waals surface area contributed by atoms with Crippen molar-refractivity contribution in [2.75, 3.05) is 5.32 Å². The van der Waals surface area contributed by atoms with Crippen LogP contribution in [0.25, 0.3) is 0 Å². The van der Waals surface area contributed by atoms with Crippen molar-refractivity contribution in [3.8, 4) is 5.75 Å². The lowest BCUT2D eigenvalue weighted by Gasteiger charge is -2.16. The summed E-state index contributed by atoms with van der Waals surface area (Å²) >= 11 is 0. The SMILES string of the molecule is O=[N+]([O-])c1ccc([O-])c(NC(=NS(=O)(=O)c2ccccc2)c2ccccc2)c1. The van der Waals surface area contributed by atoms with E-state index in [1.54, 1.807) is 48.5 Å². The zero-order valence-electron chi connectivity index (χ0n) is 14.3. The maximum Gasteiger partial charge on any atom is 0.284 e. The maximum absolute atomic E-state index is 12.7. The van der Waals surface area contributed by atoms with E-state index in [0.717, 1.165) is 18.2 Å². The average Bonchev–Trinajstić information content (AvgIpc) is 2.70. The molecule has 0 bridgehead atoms. The van der Waals surface area contributed by atoms with Crippen LogP contribution in [0.4, 0.5) is 11.4 Å². The van der Waals surface area contributed by atoms with Crippen LogP contribution in [0.15, 0.2) is 88.2 Å². The largest absolute Gasteiger partial charge is 0.871 e. The van der Waals surface area contributed by atoms with Gasteiger partial charge in [-0.05, 0) is 12.1 Å². The van der Waals surface area contributed by atoms with Crippen molar-refractivity contribution in [2.45, 2.75) is 4.90 Å². The van der Waals surface area contributed by atoms with Gasteiger partial charge in [0, 0.05) is 23.4 Å². The molecule has 3 aromatic rings. The van der Waals surface area contributed by atoms with E-state index in [9.17, 15) is 23.6 Å². The van der Waals surface area contributed by atoms with Crippen LogP contribution >= 0.6 is 0 Å². The Bertz CT molecular complexity index is 1130. The van der Waals surface area contributed by atoms with Crippen LogP contribution in [0, 0.1) is 10.1 Å². The Morgan fingerprint density at radius 3 is 2.14 bits per heavy atom. The predicted octanol–water partition coefficient (Wildman–Crippen LogP) is 2.92. The van der Waals surface area contributed by atoms with Gasteiger partial charge in [-0.25, -0.2) is 0 Å². The quantitative estimate of drug-likeness (QED) is 0.306. The maximum atomic E-state index is 12.7. The number of nitrogens with zero attached hydrogens (tertiary/aromatic N) is 2. The minimum atomic E-state index is -4.08. The van der Waals surface area contributed by atoms with Gasteiger partial charge in [-0.2, -0.15) is 8.42 Å². The van der Waals surface area contributed by atoms with E-state index in [1.807, 2.05) is 0 Å². The van der Waals surface area contributed by atoms with Gasteiger partial charge in [0.1, 0.15) is 0 Å². The first-order valence-electron chi connectivity index (χ1n) is 8.05. The van der Waals surface area contributed by atoms with Crippen molar-refractivity contribution in [2.24, 2.45) is 4.40 Å². The third-order valence-electron chi connectivity index (χ3n) is 3.73. The van der Waals surface area contributed by atoms with E-state index in [1.165, 1.54) is 12.1 Å². The summed E-state index contributed by atoms with van der Waals surface area (Å²) in [6.07, 6.45) is 0. The molecule has 9 heteroatoms. The smallest absolute Gasteiger partial charge is 0.284 e. The minimum Gasteiger partial charge on any atom is -0.871 e. The summed E-state index contributed by atoms with van der Waals surface area (Å²) < 4.78 is 29.1. The molecule has 0 aromatic heterocycles. The molecule has 0 spiro atoms. The molecular formula is C19H14N3O5S-. The van der Waals surface area contributed by atoms with Crippen molar-refractivity contribution in [1.82, 2.24) is 0 Å². The lowest BCUT2D eigenvalue weighted by molar-refractivity contribution is -0.385. The molecule has 0 atom stereocenters. The van der Waals surface area contributed by atoms with Gasteiger partial charge in [0.15, 0.2) is 5.84 Å². The first-order valence-corrected chi connectivity index (χ1v) is 9.49. The number of amidine groups is 1. The van der Waals surface area contributed by atoms with E-state index in [2.05, 4.69) is 9.71 Å². The van der Waals surface area contributed by atoms with E-state index in [0.29, 0.717) is 5.56 Å². The molecule has 0 aliphatic rings. The number of benzene rings is 3. The number of hydrogen-bond acceptors (Lipinski definition) is 5. The van der Waals surface area contributed by atoms with Crippen molar-refractivity contribution >= 4 is 27.2 Å². The van der Waals surface area contributed by atoms with Crippen LogP contribution in [0.3, 0.4) is 0 Å². The third kappa shape index (κ3) is 4.33. The lowest BCUT2D eigenvalue weighted by atomic mass is 10.2. The predicted molar refractivity (Wildman–Crippen MR) is 103 cm³/mol. The molecule has 3 rings (SSSR count). The van der Waals surface area contributed by atoms with Gasteiger partial charge >= 0.3 is 0 Å². The Balaban J connectivity index is 2.10. The molecule has 0 saturated carbocycles. The summed E-state index contributed by atoms with van der Waals surface area (Å²) in [5.41, 5.74) is -0.0617. The van der Waals surface area contributed by atoms with Crippen LogP contribution in [-0.4, -0.2) is 19.2 Å². The second-order valence-corrected chi connectivity index (χ2v) is 7.26. The summed E-state index contributed by atoms with van der Waals surface area (Å²) in [6.45, 7) is 0. The molecule has 28 heavy (non-hydrogen) atoms. The molecule has 8 nitrogen and oxygen atoms in total. The number of rotatable bonds is 5. The van der Waals surface area contributed by atoms with Crippen LogP contribution < -0.4 is 10.4 Å². The Hall–Kier alpha value is -3.72. The van der Waals surface area contributed by atoms with E-state index >= 15 is 0 Å². The summed E-state index contributed by atoms with van der Waals surface area (Å²) in [7, 11) is -4.08. The van der Waals surface area contributed by atoms with E-state index in [4.69, 9.17) is 0 Å². The first-order chi connectivity index (χ1) is 13.4. The van der Waals surface area contributed by atoms with Gasteiger partial charge in [-0.1, -0.05) is 60.3 Å². The van der Waals surface area contributed by atoms with Crippen LogP contribution in [-0.2, 0) is 10.0 Å². The molecule has 0 aliphatic carbocycles. The average molecular weight is 396 g/mol. The minimum absolute atomic E-state index is 0.0216. The number of sulfonamides is 1. The monoisotopic (exact) mass is 396 g/mol. The lowest BCUT2D eigenvalue weighted by Crippen LogP contribution is -2.17.